The summed E-state index contributed by atoms with van der Waals surface area (Å²) in [5.74, 6) is 1.85. The summed E-state index contributed by atoms with van der Waals surface area (Å²) in [6.45, 7) is 4.41. The summed E-state index contributed by atoms with van der Waals surface area (Å²) in [6.07, 6.45) is 1.92. The molecular formula is C8H13NS3. The fourth-order valence-corrected chi connectivity index (χ4v) is 2.57. The summed E-state index contributed by atoms with van der Waals surface area (Å²) >= 11 is 7.89. The zero-order valence-electron chi connectivity index (χ0n) is 7.28. The number of nitrogens with zero attached hydrogens (tertiary/aromatic N) is 1. The number of aromatic nitrogens is 1. The lowest BCUT2D eigenvalue weighted by Crippen LogP contribution is -1.87. The van der Waals surface area contributed by atoms with Gasteiger partial charge in [0.25, 0.3) is 0 Å². The van der Waals surface area contributed by atoms with Crippen LogP contribution < -0.4 is 0 Å². The Bertz CT molecular complexity index is 232. The molecule has 0 aliphatic heterocycles. The molecule has 0 saturated carbocycles. The minimum atomic E-state index is 0.688. The van der Waals surface area contributed by atoms with E-state index >= 15 is 0 Å². The largest absolute Gasteiger partial charge is 0.248 e. The van der Waals surface area contributed by atoms with Gasteiger partial charge in [0.05, 0.1) is 0 Å². The fourth-order valence-electron chi connectivity index (χ4n) is 0.726. The molecule has 0 aliphatic carbocycles. The van der Waals surface area contributed by atoms with Crippen LogP contribution in [0.1, 0.15) is 23.7 Å². The third-order valence-corrected chi connectivity index (χ3v) is 4.14. The van der Waals surface area contributed by atoms with E-state index in [-0.39, 0.29) is 0 Å². The van der Waals surface area contributed by atoms with Crippen LogP contribution in [0.25, 0.3) is 0 Å². The Balaban J connectivity index is 2.41. The molecule has 1 aromatic heterocycles. The Hall–Kier alpha value is 0.330. The molecule has 0 fully saturated rings. The van der Waals surface area contributed by atoms with Gasteiger partial charge in [0.15, 0.2) is 0 Å². The summed E-state index contributed by atoms with van der Waals surface area (Å²) in [5.41, 5.74) is 0. The van der Waals surface area contributed by atoms with E-state index < -0.39 is 0 Å². The highest BCUT2D eigenvalue weighted by molar-refractivity contribution is 7.99. The molecule has 4 heteroatoms. The second-order valence-corrected chi connectivity index (χ2v) is 5.82. The van der Waals surface area contributed by atoms with E-state index in [1.54, 1.807) is 11.3 Å². The number of hydrogen-bond donors (Lipinski definition) is 1. The summed E-state index contributed by atoms with van der Waals surface area (Å²) < 4.78 is 0. The molecule has 1 nitrogen and oxygen atoms in total. The van der Waals surface area contributed by atoms with Crippen LogP contribution >= 0.6 is 35.7 Å². The van der Waals surface area contributed by atoms with Crippen LogP contribution in [-0.2, 0) is 11.5 Å². The zero-order valence-corrected chi connectivity index (χ0v) is 9.81. The highest BCUT2D eigenvalue weighted by atomic mass is 32.2. The first-order valence-electron chi connectivity index (χ1n) is 3.88. The predicted octanol–water partition coefficient (Wildman–Crippen LogP) is 3.21. The van der Waals surface area contributed by atoms with Crippen molar-refractivity contribution in [1.82, 2.24) is 4.98 Å². The standard InChI is InChI=1S/C8H13NS3/c1-6(2)11-5-8-9-3-7(4-10)12-8/h3,6,10H,4-5H2,1-2H3. The predicted molar refractivity (Wildman–Crippen MR) is 61.2 cm³/mol. The van der Waals surface area contributed by atoms with Gasteiger partial charge in [-0.1, -0.05) is 13.8 Å². The molecule has 68 valence electrons. The molecule has 0 amide bonds. The summed E-state index contributed by atoms with van der Waals surface area (Å²) in [5, 5.41) is 1.91. The van der Waals surface area contributed by atoms with Crippen LogP contribution in [0.2, 0.25) is 0 Å². The van der Waals surface area contributed by atoms with Crippen molar-refractivity contribution in [2.24, 2.45) is 0 Å². The van der Waals surface area contributed by atoms with Gasteiger partial charge in [0, 0.05) is 22.6 Å². The molecule has 0 radical (unpaired) electrons. The first-order valence-corrected chi connectivity index (χ1v) is 6.38. The Morgan fingerprint density at radius 1 is 1.67 bits per heavy atom. The summed E-state index contributed by atoms with van der Waals surface area (Å²) in [4.78, 5) is 5.57. The van der Waals surface area contributed by atoms with Gasteiger partial charge in [-0.25, -0.2) is 4.98 Å². The maximum Gasteiger partial charge on any atom is 0.103 e. The van der Waals surface area contributed by atoms with Crippen molar-refractivity contribution in [3.63, 3.8) is 0 Å². The van der Waals surface area contributed by atoms with Gasteiger partial charge in [-0.3, -0.25) is 0 Å². The lowest BCUT2D eigenvalue weighted by molar-refractivity contribution is 1.10. The van der Waals surface area contributed by atoms with E-state index in [0.29, 0.717) is 5.25 Å². The minimum Gasteiger partial charge on any atom is -0.248 e. The van der Waals surface area contributed by atoms with Crippen LogP contribution in [0.4, 0.5) is 0 Å². The molecule has 0 atom stereocenters. The summed E-state index contributed by atoms with van der Waals surface area (Å²) in [6, 6.07) is 0. The van der Waals surface area contributed by atoms with Crippen LogP contribution in [0, 0.1) is 0 Å². The number of hydrogen-bond acceptors (Lipinski definition) is 4. The summed E-state index contributed by atoms with van der Waals surface area (Å²) in [7, 11) is 0. The molecular weight excluding hydrogens is 206 g/mol. The zero-order chi connectivity index (χ0) is 8.97. The van der Waals surface area contributed by atoms with Gasteiger partial charge in [-0.15, -0.1) is 11.3 Å². The van der Waals surface area contributed by atoms with Crippen molar-refractivity contribution < 1.29 is 0 Å². The van der Waals surface area contributed by atoms with Crippen molar-refractivity contribution >= 4 is 35.7 Å². The van der Waals surface area contributed by atoms with Gasteiger partial charge in [-0.05, 0) is 5.25 Å². The smallest absolute Gasteiger partial charge is 0.103 e. The van der Waals surface area contributed by atoms with E-state index in [1.807, 2.05) is 18.0 Å². The van der Waals surface area contributed by atoms with E-state index in [4.69, 9.17) is 0 Å². The van der Waals surface area contributed by atoms with Gasteiger partial charge >= 0.3 is 0 Å². The van der Waals surface area contributed by atoms with Crippen LogP contribution in [0.15, 0.2) is 6.20 Å². The molecule has 0 aromatic carbocycles. The van der Waals surface area contributed by atoms with Crippen LogP contribution in [0.3, 0.4) is 0 Å². The lowest BCUT2D eigenvalue weighted by atomic mass is 10.6. The highest BCUT2D eigenvalue weighted by Gasteiger charge is 2.01. The van der Waals surface area contributed by atoms with E-state index in [0.717, 1.165) is 11.5 Å². The molecule has 1 rings (SSSR count). The second kappa shape index (κ2) is 5.14. The van der Waals surface area contributed by atoms with Gasteiger partial charge < -0.3 is 0 Å². The molecule has 1 heterocycles. The average Bonchev–Trinajstić information content (AvgIpc) is 2.48. The first-order chi connectivity index (χ1) is 5.72. The maximum absolute atomic E-state index is 4.31. The Labute approximate surface area is 87.4 Å². The molecule has 12 heavy (non-hydrogen) atoms. The molecule has 0 spiro atoms. The molecule has 1 aromatic rings. The first kappa shape index (κ1) is 10.4. The van der Waals surface area contributed by atoms with Gasteiger partial charge in [-0.2, -0.15) is 24.4 Å². The Kier molecular flexibility index (Phi) is 4.46. The van der Waals surface area contributed by atoms with Crippen molar-refractivity contribution in [3.05, 3.63) is 16.1 Å². The molecule has 0 N–H and O–H groups in total. The van der Waals surface area contributed by atoms with Crippen LogP contribution in [0.5, 0.6) is 0 Å². The number of thiol groups is 1. The molecule has 0 bridgehead atoms. The molecule has 0 aliphatic rings. The van der Waals surface area contributed by atoms with E-state index in [1.165, 1.54) is 9.88 Å². The Morgan fingerprint density at radius 2 is 2.42 bits per heavy atom. The third-order valence-electron chi connectivity index (χ3n) is 1.30. The quantitative estimate of drug-likeness (QED) is 0.781. The van der Waals surface area contributed by atoms with Gasteiger partial charge in [0.2, 0.25) is 0 Å². The lowest BCUT2D eigenvalue weighted by Gasteiger charge is -2.00. The topological polar surface area (TPSA) is 12.9 Å². The molecule has 0 saturated heterocycles. The van der Waals surface area contributed by atoms with Crippen molar-refractivity contribution in [2.75, 3.05) is 0 Å². The average molecular weight is 219 g/mol. The normalized spacial score (nSPS) is 11.0. The molecule has 0 unspecified atom stereocenters. The van der Waals surface area contributed by atoms with Gasteiger partial charge in [0.1, 0.15) is 5.01 Å². The van der Waals surface area contributed by atoms with E-state index in [9.17, 15) is 0 Å². The third kappa shape index (κ3) is 3.37. The van der Waals surface area contributed by atoms with E-state index in [2.05, 4.69) is 31.5 Å². The van der Waals surface area contributed by atoms with Crippen LogP contribution in [-0.4, -0.2) is 10.2 Å². The minimum absolute atomic E-state index is 0.688. The fraction of sp³-hybridized carbons (Fsp3) is 0.625. The monoisotopic (exact) mass is 219 g/mol. The number of thioether (sulfide) groups is 1. The number of rotatable bonds is 4. The SMILES string of the molecule is CC(C)SCc1ncc(CS)s1. The van der Waals surface area contributed by atoms with Crippen molar-refractivity contribution in [1.29, 1.82) is 0 Å². The van der Waals surface area contributed by atoms with Crippen molar-refractivity contribution in [3.8, 4) is 0 Å². The maximum atomic E-state index is 4.31. The van der Waals surface area contributed by atoms with Crippen molar-refractivity contribution in [2.45, 2.75) is 30.6 Å². The Morgan fingerprint density at radius 3 is 2.92 bits per heavy atom. The second-order valence-electron chi connectivity index (χ2n) is 2.74. The number of thiazole rings is 1. The highest BCUT2D eigenvalue weighted by Crippen LogP contribution is 2.21.